The number of carbonyl (C=O) groups is 1. The maximum atomic E-state index is 11.9. The minimum Gasteiger partial charge on any atom is -0.322 e. The fraction of sp³-hybridized carbons (Fsp3) is 0.188. The van der Waals surface area contributed by atoms with Gasteiger partial charge >= 0.3 is 0 Å². The van der Waals surface area contributed by atoms with Crippen LogP contribution in [-0.2, 0) is 11.3 Å². The molecule has 0 atom stereocenters. The van der Waals surface area contributed by atoms with Gasteiger partial charge in [0, 0.05) is 23.2 Å². The number of rotatable bonds is 6. The lowest BCUT2D eigenvalue weighted by molar-refractivity contribution is -0.111. The molecule has 0 spiro atoms. The molecule has 0 aliphatic heterocycles. The Morgan fingerprint density at radius 1 is 1.25 bits per heavy atom. The predicted molar refractivity (Wildman–Crippen MR) is 85.8 cm³/mol. The Morgan fingerprint density at radius 2 is 2.10 bits per heavy atom. The lowest BCUT2D eigenvalue weighted by Gasteiger charge is -2.09. The summed E-state index contributed by atoms with van der Waals surface area (Å²) >= 11 is 1.61. The van der Waals surface area contributed by atoms with Crippen LogP contribution < -0.4 is 10.6 Å². The molecule has 0 unspecified atom stereocenters. The third-order valence-corrected chi connectivity index (χ3v) is 3.62. The van der Waals surface area contributed by atoms with Crippen molar-refractivity contribution >= 4 is 29.0 Å². The van der Waals surface area contributed by atoms with E-state index in [4.69, 9.17) is 0 Å². The molecule has 1 heterocycles. The van der Waals surface area contributed by atoms with Crippen LogP contribution in [0.25, 0.3) is 6.08 Å². The molecule has 2 N–H and O–H groups in total. The number of carbonyl (C=O) groups excluding carboxylic acids is 1. The highest BCUT2D eigenvalue weighted by Gasteiger charge is 2.03. The number of benzene rings is 1. The standard InChI is InChI=1S/C16H18N2OS/c1-2-17-12-13-6-3-4-8-15(13)18-16(19)10-9-14-7-5-11-20-14/h3-11,17H,2,12H2,1H3,(H,18,19)/b10-9+. The van der Waals surface area contributed by atoms with Crippen molar-refractivity contribution in [2.45, 2.75) is 13.5 Å². The van der Waals surface area contributed by atoms with Crippen LogP contribution >= 0.6 is 11.3 Å². The molecule has 1 aromatic carbocycles. The van der Waals surface area contributed by atoms with E-state index in [1.165, 1.54) is 0 Å². The van der Waals surface area contributed by atoms with E-state index in [2.05, 4.69) is 17.6 Å². The quantitative estimate of drug-likeness (QED) is 0.798. The minimum atomic E-state index is -0.109. The van der Waals surface area contributed by atoms with Gasteiger partial charge in [0.1, 0.15) is 0 Å². The van der Waals surface area contributed by atoms with Gasteiger partial charge in [0.15, 0.2) is 0 Å². The molecular formula is C16H18N2OS. The molecule has 3 nitrogen and oxygen atoms in total. The van der Waals surface area contributed by atoms with Crippen molar-refractivity contribution in [3.63, 3.8) is 0 Å². The van der Waals surface area contributed by atoms with Crippen molar-refractivity contribution in [2.24, 2.45) is 0 Å². The summed E-state index contributed by atoms with van der Waals surface area (Å²) in [6.07, 6.45) is 3.39. The van der Waals surface area contributed by atoms with Gasteiger partial charge in [0.2, 0.25) is 5.91 Å². The molecule has 0 fully saturated rings. The zero-order valence-electron chi connectivity index (χ0n) is 11.4. The van der Waals surface area contributed by atoms with Gasteiger partial charge in [0.05, 0.1) is 0 Å². The van der Waals surface area contributed by atoms with E-state index in [0.717, 1.165) is 29.2 Å². The summed E-state index contributed by atoms with van der Waals surface area (Å²) in [5.74, 6) is -0.109. The Kier molecular flexibility index (Phi) is 5.53. The maximum Gasteiger partial charge on any atom is 0.248 e. The highest BCUT2D eigenvalue weighted by Crippen LogP contribution is 2.15. The van der Waals surface area contributed by atoms with E-state index in [1.807, 2.05) is 47.9 Å². The first-order valence-electron chi connectivity index (χ1n) is 6.61. The summed E-state index contributed by atoms with van der Waals surface area (Å²) in [5, 5.41) is 8.18. The summed E-state index contributed by atoms with van der Waals surface area (Å²) in [6.45, 7) is 3.72. The molecule has 0 radical (unpaired) electrons. The van der Waals surface area contributed by atoms with Crippen molar-refractivity contribution in [2.75, 3.05) is 11.9 Å². The Morgan fingerprint density at radius 3 is 2.85 bits per heavy atom. The van der Waals surface area contributed by atoms with E-state index < -0.39 is 0 Å². The summed E-state index contributed by atoms with van der Waals surface area (Å²) < 4.78 is 0. The molecule has 104 valence electrons. The van der Waals surface area contributed by atoms with E-state index in [9.17, 15) is 4.79 Å². The number of nitrogens with one attached hydrogen (secondary N) is 2. The molecule has 0 aliphatic rings. The summed E-state index contributed by atoms with van der Waals surface area (Å²) in [6, 6.07) is 11.8. The van der Waals surface area contributed by atoms with Gasteiger partial charge in [-0.15, -0.1) is 11.3 Å². The molecule has 20 heavy (non-hydrogen) atoms. The fourth-order valence-electron chi connectivity index (χ4n) is 1.77. The Hall–Kier alpha value is -1.91. The Bertz CT molecular complexity index is 576. The van der Waals surface area contributed by atoms with Crippen molar-refractivity contribution in [3.05, 3.63) is 58.3 Å². The lowest BCUT2D eigenvalue weighted by Crippen LogP contribution is -2.15. The summed E-state index contributed by atoms with van der Waals surface area (Å²) in [5.41, 5.74) is 1.95. The van der Waals surface area contributed by atoms with Crippen molar-refractivity contribution in [3.8, 4) is 0 Å². The van der Waals surface area contributed by atoms with Gasteiger partial charge in [0.25, 0.3) is 0 Å². The SMILES string of the molecule is CCNCc1ccccc1NC(=O)/C=C/c1cccs1. The van der Waals surface area contributed by atoms with Gasteiger partial charge in [-0.3, -0.25) is 4.79 Å². The average Bonchev–Trinajstić information content (AvgIpc) is 2.97. The van der Waals surface area contributed by atoms with Gasteiger partial charge in [-0.2, -0.15) is 0 Å². The first kappa shape index (κ1) is 14.5. The van der Waals surface area contributed by atoms with Crippen LogP contribution in [0.3, 0.4) is 0 Å². The molecule has 0 bridgehead atoms. The first-order chi connectivity index (χ1) is 9.79. The van der Waals surface area contributed by atoms with Crippen LogP contribution in [0.15, 0.2) is 47.9 Å². The van der Waals surface area contributed by atoms with Crippen LogP contribution in [0.2, 0.25) is 0 Å². The van der Waals surface area contributed by atoms with Gasteiger partial charge in [-0.1, -0.05) is 31.2 Å². The number of hydrogen-bond donors (Lipinski definition) is 2. The van der Waals surface area contributed by atoms with Crippen LogP contribution in [0, 0.1) is 0 Å². The molecule has 0 aliphatic carbocycles. The second-order valence-corrected chi connectivity index (χ2v) is 5.25. The maximum absolute atomic E-state index is 11.9. The zero-order valence-corrected chi connectivity index (χ0v) is 12.2. The number of hydrogen-bond acceptors (Lipinski definition) is 3. The Labute approximate surface area is 123 Å². The van der Waals surface area contributed by atoms with Crippen LogP contribution in [0.4, 0.5) is 5.69 Å². The third-order valence-electron chi connectivity index (χ3n) is 2.78. The number of thiophene rings is 1. The minimum absolute atomic E-state index is 0.109. The summed E-state index contributed by atoms with van der Waals surface area (Å²) in [7, 11) is 0. The van der Waals surface area contributed by atoms with E-state index >= 15 is 0 Å². The topological polar surface area (TPSA) is 41.1 Å². The van der Waals surface area contributed by atoms with Gasteiger partial charge in [-0.25, -0.2) is 0 Å². The number of amides is 1. The third kappa shape index (κ3) is 4.33. The van der Waals surface area contributed by atoms with E-state index in [0.29, 0.717) is 0 Å². The average molecular weight is 286 g/mol. The van der Waals surface area contributed by atoms with Crippen molar-refractivity contribution in [1.29, 1.82) is 0 Å². The van der Waals surface area contributed by atoms with E-state index in [1.54, 1.807) is 17.4 Å². The van der Waals surface area contributed by atoms with Gasteiger partial charge < -0.3 is 10.6 Å². The molecule has 0 saturated heterocycles. The van der Waals surface area contributed by atoms with Crippen LogP contribution in [-0.4, -0.2) is 12.5 Å². The smallest absolute Gasteiger partial charge is 0.248 e. The second-order valence-electron chi connectivity index (χ2n) is 4.28. The monoisotopic (exact) mass is 286 g/mol. The molecule has 2 rings (SSSR count). The normalized spacial score (nSPS) is 10.8. The summed E-state index contributed by atoms with van der Waals surface area (Å²) in [4.78, 5) is 13.0. The molecule has 0 saturated carbocycles. The molecular weight excluding hydrogens is 268 g/mol. The first-order valence-corrected chi connectivity index (χ1v) is 7.48. The molecule has 1 aromatic heterocycles. The van der Waals surface area contributed by atoms with Crippen molar-refractivity contribution in [1.82, 2.24) is 5.32 Å². The van der Waals surface area contributed by atoms with Crippen LogP contribution in [0.1, 0.15) is 17.4 Å². The molecule has 2 aromatic rings. The molecule has 4 heteroatoms. The predicted octanol–water partition coefficient (Wildman–Crippen LogP) is 3.51. The Balaban J connectivity index is 2.00. The largest absolute Gasteiger partial charge is 0.322 e. The lowest BCUT2D eigenvalue weighted by atomic mass is 10.1. The highest BCUT2D eigenvalue weighted by molar-refractivity contribution is 7.10. The fourth-order valence-corrected chi connectivity index (χ4v) is 2.39. The van der Waals surface area contributed by atoms with Crippen LogP contribution in [0.5, 0.6) is 0 Å². The zero-order chi connectivity index (χ0) is 14.2. The van der Waals surface area contributed by atoms with Crippen molar-refractivity contribution < 1.29 is 4.79 Å². The molecule has 1 amide bonds. The second kappa shape index (κ2) is 7.62. The number of para-hydroxylation sites is 1. The van der Waals surface area contributed by atoms with Gasteiger partial charge in [-0.05, 0) is 35.7 Å². The van der Waals surface area contributed by atoms with E-state index in [-0.39, 0.29) is 5.91 Å². The highest BCUT2D eigenvalue weighted by atomic mass is 32.1. The number of anilines is 1.